The Labute approximate surface area is 118 Å². The third-order valence-corrected chi connectivity index (χ3v) is 4.70. The van der Waals surface area contributed by atoms with Crippen molar-refractivity contribution in [2.45, 2.75) is 64.8 Å². The zero-order valence-electron chi connectivity index (χ0n) is 12.7. The zero-order chi connectivity index (χ0) is 13.7. The number of carbonyl (C=O) groups excluding carboxylic acids is 1. The van der Waals surface area contributed by atoms with Gasteiger partial charge >= 0.3 is 0 Å². The van der Waals surface area contributed by atoms with E-state index in [0.29, 0.717) is 23.8 Å². The van der Waals surface area contributed by atoms with Gasteiger partial charge in [-0.3, -0.25) is 4.79 Å². The Kier molecular flexibility index (Phi) is 5.68. The molecule has 19 heavy (non-hydrogen) atoms. The van der Waals surface area contributed by atoms with E-state index in [-0.39, 0.29) is 0 Å². The first-order chi connectivity index (χ1) is 9.22. The topological polar surface area (TPSA) is 32.3 Å². The average Bonchev–Trinajstić information content (AvgIpc) is 3.25. The van der Waals surface area contributed by atoms with Gasteiger partial charge in [-0.2, -0.15) is 0 Å². The highest BCUT2D eigenvalue weighted by atomic mass is 16.2. The molecule has 1 aliphatic heterocycles. The third kappa shape index (κ3) is 4.48. The van der Waals surface area contributed by atoms with Crippen molar-refractivity contribution in [3.8, 4) is 0 Å². The molecule has 2 unspecified atom stereocenters. The second-order valence-corrected chi connectivity index (χ2v) is 6.46. The Morgan fingerprint density at radius 3 is 2.74 bits per heavy atom. The molecule has 0 spiro atoms. The maximum absolute atomic E-state index is 12.5. The van der Waals surface area contributed by atoms with Crippen LogP contribution in [-0.2, 0) is 4.79 Å². The molecule has 2 aliphatic rings. The second kappa shape index (κ2) is 7.28. The molecule has 3 heteroatoms. The number of hydrogen-bond acceptors (Lipinski definition) is 2. The molecule has 0 aromatic rings. The number of carbonyl (C=O) groups is 1. The summed E-state index contributed by atoms with van der Waals surface area (Å²) in [6, 6.07) is 0.579. The lowest BCUT2D eigenvalue weighted by atomic mass is 9.85. The number of hydrogen-bond donors (Lipinski definition) is 1. The summed E-state index contributed by atoms with van der Waals surface area (Å²) in [6.07, 6.45) is 8.11. The number of nitrogens with one attached hydrogen (secondary N) is 1. The summed E-state index contributed by atoms with van der Waals surface area (Å²) in [5.41, 5.74) is 0. The van der Waals surface area contributed by atoms with Gasteiger partial charge in [0.1, 0.15) is 0 Å². The molecule has 1 saturated carbocycles. The van der Waals surface area contributed by atoms with Crippen LogP contribution < -0.4 is 5.32 Å². The van der Waals surface area contributed by atoms with Crippen molar-refractivity contribution in [2.75, 3.05) is 19.6 Å². The van der Waals surface area contributed by atoms with E-state index in [1.54, 1.807) is 0 Å². The lowest BCUT2D eigenvalue weighted by Gasteiger charge is -2.30. The van der Waals surface area contributed by atoms with Crippen LogP contribution in [0.2, 0.25) is 0 Å². The van der Waals surface area contributed by atoms with Gasteiger partial charge in [-0.05, 0) is 57.0 Å². The van der Waals surface area contributed by atoms with Crippen LogP contribution in [0.5, 0.6) is 0 Å². The molecule has 1 aliphatic carbocycles. The maximum atomic E-state index is 12.5. The number of piperidine rings is 1. The van der Waals surface area contributed by atoms with Gasteiger partial charge in [0.05, 0.1) is 0 Å². The number of nitrogens with zero attached hydrogens (tertiary/aromatic N) is 1. The van der Waals surface area contributed by atoms with Gasteiger partial charge in [0.25, 0.3) is 0 Å². The predicted molar refractivity (Wildman–Crippen MR) is 79.0 cm³/mol. The minimum Gasteiger partial charge on any atom is -0.340 e. The maximum Gasteiger partial charge on any atom is 0.223 e. The summed E-state index contributed by atoms with van der Waals surface area (Å²) in [4.78, 5) is 14.7. The number of unbranched alkanes of at least 4 members (excludes halogenated alkanes) is 1. The monoisotopic (exact) mass is 266 g/mol. The van der Waals surface area contributed by atoms with E-state index in [1.807, 2.05) is 0 Å². The molecular weight excluding hydrogens is 236 g/mol. The van der Waals surface area contributed by atoms with Crippen LogP contribution in [0, 0.1) is 11.8 Å². The van der Waals surface area contributed by atoms with E-state index in [1.165, 1.54) is 32.1 Å². The standard InChI is InChI=1S/C16H30N2O/c1-3-4-10-18(15-7-8-15)16(19)11-13(2)14-6-5-9-17-12-14/h13-15,17H,3-12H2,1-2H3. The molecule has 2 rings (SSSR count). The summed E-state index contributed by atoms with van der Waals surface area (Å²) < 4.78 is 0. The van der Waals surface area contributed by atoms with Crippen molar-refractivity contribution < 1.29 is 4.79 Å². The summed E-state index contributed by atoms with van der Waals surface area (Å²) in [6.45, 7) is 7.71. The van der Waals surface area contributed by atoms with Gasteiger partial charge in [-0.15, -0.1) is 0 Å². The summed E-state index contributed by atoms with van der Waals surface area (Å²) in [7, 11) is 0. The molecule has 1 heterocycles. The van der Waals surface area contributed by atoms with Crippen molar-refractivity contribution in [1.29, 1.82) is 0 Å². The van der Waals surface area contributed by atoms with Gasteiger partial charge in [-0.25, -0.2) is 0 Å². The first kappa shape index (κ1) is 14.8. The fraction of sp³-hybridized carbons (Fsp3) is 0.938. The first-order valence-electron chi connectivity index (χ1n) is 8.22. The van der Waals surface area contributed by atoms with Crippen LogP contribution in [0.25, 0.3) is 0 Å². The van der Waals surface area contributed by atoms with Crippen molar-refractivity contribution in [2.24, 2.45) is 11.8 Å². The summed E-state index contributed by atoms with van der Waals surface area (Å²) in [5.74, 6) is 1.64. The first-order valence-corrected chi connectivity index (χ1v) is 8.22. The Balaban J connectivity index is 1.79. The minimum atomic E-state index is 0.411. The SMILES string of the molecule is CCCCN(C(=O)CC(C)C1CCCNC1)C1CC1. The molecule has 2 atom stereocenters. The van der Waals surface area contributed by atoms with Gasteiger partial charge < -0.3 is 10.2 Å². The molecule has 0 bridgehead atoms. The smallest absolute Gasteiger partial charge is 0.223 e. The van der Waals surface area contributed by atoms with E-state index in [2.05, 4.69) is 24.1 Å². The van der Waals surface area contributed by atoms with Crippen LogP contribution in [0.3, 0.4) is 0 Å². The quantitative estimate of drug-likeness (QED) is 0.768. The highest BCUT2D eigenvalue weighted by molar-refractivity contribution is 5.77. The van der Waals surface area contributed by atoms with Gasteiger partial charge in [-0.1, -0.05) is 20.3 Å². The molecule has 1 N–H and O–H groups in total. The molecule has 3 nitrogen and oxygen atoms in total. The molecule has 2 fully saturated rings. The highest BCUT2D eigenvalue weighted by Gasteiger charge is 2.33. The lowest BCUT2D eigenvalue weighted by molar-refractivity contribution is -0.133. The zero-order valence-corrected chi connectivity index (χ0v) is 12.7. The van der Waals surface area contributed by atoms with Gasteiger partial charge in [0.15, 0.2) is 0 Å². The number of amides is 1. The normalized spacial score (nSPS) is 25.1. The second-order valence-electron chi connectivity index (χ2n) is 6.46. The molecule has 1 amide bonds. The molecule has 110 valence electrons. The largest absolute Gasteiger partial charge is 0.340 e. The Morgan fingerprint density at radius 2 is 2.16 bits per heavy atom. The van der Waals surface area contributed by atoms with Gasteiger partial charge in [0.2, 0.25) is 5.91 Å². The van der Waals surface area contributed by atoms with Crippen LogP contribution >= 0.6 is 0 Å². The van der Waals surface area contributed by atoms with E-state index >= 15 is 0 Å². The minimum absolute atomic E-state index is 0.411. The Morgan fingerprint density at radius 1 is 1.37 bits per heavy atom. The van der Waals surface area contributed by atoms with Crippen molar-refractivity contribution in [3.63, 3.8) is 0 Å². The molecule has 0 aromatic carbocycles. The summed E-state index contributed by atoms with van der Waals surface area (Å²) >= 11 is 0. The van der Waals surface area contributed by atoms with Crippen molar-refractivity contribution in [3.05, 3.63) is 0 Å². The fourth-order valence-corrected chi connectivity index (χ4v) is 3.15. The van der Waals surface area contributed by atoms with Crippen LogP contribution in [-0.4, -0.2) is 36.5 Å². The highest BCUT2D eigenvalue weighted by Crippen LogP contribution is 2.30. The van der Waals surface area contributed by atoms with Gasteiger partial charge in [0, 0.05) is 19.0 Å². The lowest BCUT2D eigenvalue weighted by Crippen LogP contribution is -2.38. The molecule has 0 aromatic heterocycles. The fourth-order valence-electron chi connectivity index (χ4n) is 3.15. The Bertz CT molecular complexity index is 282. The van der Waals surface area contributed by atoms with E-state index < -0.39 is 0 Å². The third-order valence-electron chi connectivity index (χ3n) is 4.70. The van der Waals surface area contributed by atoms with E-state index in [0.717, 1.165) is 32.5 Å². The molecule has 0 radical (unpaired) electrons. The van der Waals surface area contributed by atoms with Crippen molar-refractivity contribution >= 4 is 5.91 Å². The molecule has 1 saturated heterocycles. The average molecular weight is 266 g/mol. The van der Waals surface area contributed by atoms with Crippen LogP contribution in [0.4, 0.5) is 0 Å². The van der Waals surface area contributed by atoms with Crippen LogP contribution in [0.15, 0.2) is 0 Å². The van der Waals surface area contributed by atoms with E-state index in [9.17, 15) is 4.79 Å². The van der Waals surface area contributed by atoms with Crippen molar-refractivity contribution in [1.82, 2.24) is 10.2 Å². The van der Waals surface area contributed by atoms with Crippen LogP contribution in [0.1, 0.15) is 58.8 Å². The molecular formula is C16H30N2O. The Hall–Kier alpha value is -0.570. The number of rotatable bonds is 7. The van der Waals surface area contributed by atoms with E-state index in [4.69, 9.17) is 0 Å². The summed E-state index contributed by atoms with van der Waals surface area (Å²) in [5, 5.41) is 3.46. The predicted octanol–water partition coefficient (Wildman–Crippen LogP) is 2.80.